The monoisotopic (exact) mass is 573 g/mol. The molecule has 0 spiro atoms. The molecule has 1 fully saturated rings. The third-order valence-electron chi connectivity index (χ3n) is 8.16. The SMILES string of the molecule is O=C1c2ccccc2CN1CCCCCN1CCC(c2nc(-c3ccc(Cl)c(Cl)c3)c(-c3ccncc3)[nH]2)CC1. The van der Waals surface area contributed by atoms with Gasteiger partial charge in [0.25, 0.3) is 5.91 Å². The number of likely N-dealkylation sites (tertiary alicyclic amines) is 1. The number of halogens is 2. The van der Waals surface area contributed by atoms with Crippen LogP contribution in [0.2, 0.25) is 10.0 Å². The number of benzene rings is 2. The first-order valence-electron chi connectivity index (χ1n) is 14.1. The highest BCUT2D eigenvalue weighted by Crippen LogP contribution is 2.36. The zero-order chi connectivity index (χ0) is 27.5. The van der Waals surface area contributed by atoms with Crippen LogP contribution in [0.4, 0.5) is 0 Å². The number of unbranched alkanes of at least 4 members (excludes halogenated alkanes) is 2. The molecule has 206 valence electrons. The Labute approximate surface area is 245 Å². The second kappa shape index (κ2) is 12.1. The first-order chi connectivity index (χ1) is 19.6. The van der Waals surface area contributed by atoms with Gasteiger partial charge in [0.1, 0.15) is 5.82 Å². The smallest absolute Gasteiger partial charge is 0.254 e. The number of fused-ring (bicyclic) bond motifs is 1. The number of aromatic amines is 1. The normalized spacial score (nSPS) is 16.1. The van der Waals surface area contributed by atoms with Gasteiger partial charge in [-0.2, -0.15) is 0 Å². The van der Waals surface area contributed by atoms with Crippen molar-refractivity contribution < 1.29 is 4.79 Å². The average Bonchev–Trinajstić information content (AvgIpc) is 3.57. The van der Waals surface area contributed by atoms with Gasteiger partial charge in [-0.25, -0.2) is 4.98 Å². The number of hydrogen-bond acceptors (Lipinski definition) is 4. The highest BCUT2D eigenvalue weighted by atomic mass is 35.5. The summed E-state index contributed by atoms with van der Waals surface area (Å²) in [5, 5.41) is 1.06. The third-order valence-corrected chi connectivity index (χ3v) is 8.90. The molecule has 0 saturated carbocycles. The quantitative estimate of drug-likeness (QED) is 0.211. The van der Waals surface area contributed by atoms with Gasteiger partial charge < -0.3 is 14.8 Å². The van der Waals surface area contributed by atoms with Crippen LogP contribution in [0.15, 0.2) is 67.0 Å². The maximum Gasteiger partial charge on any atom is 0.254 e. The van der Waals surface area contributed by atoms with Crippen LogP contribution in [0.25, 0.3) is 22.5 Å². The van der Waals surface area contributed by atoms with Gasteiger partial charge in [-0.05, 0) is 81.2 Å². The van der Waals surface area contributed by atoms with E-state index in [0.717, 1.165) is 104 Å². The van der Waals surface area contributed by atoms with Gasteiger partial charge in [0.15, 0.2) is 0 Å². The number of aromatic nitrogens is 3. The van der Waals surface area contributed by atoms with Crippen molar-refractivity contribution in [1.82, 2.24) is 24.8 Å². The van der Waals surface area contributed by atoms with E-state index in [9.17, 15) is 4.79 Å². The largest absolute Gasteiger partial charge is 0.341 e. The van der Waals surface area contributed by atoms with E-state index in [1.807, 2.05) is 53.4 Å². The van der Waals surface area contributed by atoms with Crippen molar-refractivity contribution in [3.05, 3.63) is 94.0 Å². The topological polar surface area (TPSA) is 65.1 Å². The van der Waals surface area contributed by atoms with Gasteiger partial charge in [0.2, 0.25) is 0 Å². The fourth-order valence-corrected chi connectivity index (χ4v) is 6.20. The maximum atomic E-state index is 12.6. The lowest BCUT2D eigenvalue weighted by Crippen LogP contribution is -2.34. The van der Waals surface area contributed by atoms with E-state index >= 15 is 0 Å². The number of pyridine rings is 1. The van der Waals surface area contributed by atoms with Crippen LogP contribution >= 0.6 is 23.2 Å². The standard InChI is InChI=1S/C32H33Cl2N5O/c33-27-9-8-24(20-28(27)34)30-29(22-10-14-35-15-11-22)36-31(37-30)23-12-18-38(19-13-23)16-4-1-5-17-39-21-25-6-2-3-7-26(25)32(39)40/h2-3,6-11,14-15,20,23H,1,4-5,12-13,16-19,21H2,(H,36,37). The van der Waals surface area contributed by atoms with Crippen LogP contribution < -0.4 is 0 Å². The van der Waals surface area contributed by atoms with E-state index in [1.54, 1.807) is 12.4 Å². The predicted molar refractivity (Wildman–Crippen MR) is 161 cm³/mol. The molecule has 8 heteroatoms. The molecule has 6 rings (SSSR count). The number of nitrogens with zero attached hydrogens (tertiary/aromatic N) is 4. The number of hydrogen-bond donors (Lipinski definition) is 1. The van der Waals surface area contributed by atoms with E-state index in [1.165, 1.54) is 0 Å². The molecule has 1 amide bonds. The summed E-state index contributed by atoms with van der Waals surface area (Å²) in [6, 6.07) is 17.6. The molecule has 0 atom stereocenters. The summed E-state index contributed by atoms with van der Waals surface area (Å²) in [5.41, 5.74) is 5.90. The molecule has 40 heavy (non-hydrogen) atoms. The van der Waals surface area contributed by atoms with Crippen molar-refractivity contribution >= 4 is 29.1 Å². The number of amides is 1. The van der Waals surface area contributed by atoms with Crippen LogP contribution in [-0.2, 0) is 6.54 Å². The summed E-state index contributed by atoms with van der Waals surface area (Å²) >= 11 is 12.5. The number of H-pyrrole nitrogens is 1. The molecular formula is C32H33Cl2N5O. The Kier molecular flexibility index (Phi) is 8.19. The Bertz CT molecular complexity index is 1480. The average molecular weight is 575 g/mol. The molecule has 0 unspecified atom stereocenters. The lowest BCUT2D eigenvalue weighted by Gasteiger charge is -2.31. The summed E-state index contributed by atoms with van der Waals surface area (Å²) in [4.78, 5) is 30.0. The summed E-state index contributed by atoms with van der Waals surface area (Å²) in [6.45, 7) is 4.84. The fraction of sp³-hybridized carbons (Fsp3) is 0.344. The van der Waals surface area contributed by atoms with E-state index in [-0.39, 0.29) is 5.91 Å². The number of piperidine rings is 1. The molecule has 2 aliphatic rings. The summed E-state index contributed by atoms with van der Waals surface area (Å²) in [7, 11) is 0. The van der Waals surface area contributed by atoms with Gasteiger partial charge in [0, 0.05) is 48.1 Å². The zero-order valence-corrected chi connectivity index (χ0v) is 24.0. The van der Waals surface area contributed by atoms with Crippen molar-refractivity contribution in [2.24, 2.45) is 0 Å². The number of carbonyl (C=O) groups is 1. The molecule has 0 radical (unpaired) electrons. The van der Waals surface area contributed by atoms with Gasteiger partial charge in [-0.3, -0.25) is 9.78 Å². The Morgan fingerprint density at radius 2 is 1.65 bits per heavy atom. The van der Waals surface area contributed by atoms with Crippen molar-refractivity contribution in [3.8, 4) is 22.5 Å². The Balaban J connectivity index is 1.02. The highest BCUT2D eigenvalue weighted by molar-refractivity contribution is 6.42. The van der Waals surface area contributed by atoms with E-state index in [4.69, 9.17) is 28.2 Å². The molecule has 2 aromatic heterocycles. The number of nitrogens with one attached hydrogen (secondary N) is 1. The Morgan fingerprint density at radius 1 is 0.875 bits per heavy atom. The van der Waals surface area contributed by atoms with Crippen molar-refractivity contribution in [2.45, 2.75) is 44.6 Å². The molecule has 4 heterocycles. The Morgan fingerprint density at radius 3 is 2.42 bits per heavy atom. The van der Waals surface area contributed by atoms with Crippen LogP contribution in [0, 0.1) is 0 Å². The summed E-state index contributed by atoms with van der Waals surface area (Å²) < 4.78 is 0. The lowest BCUT2D eigenvalue weighted by molar-refractivity contribution is 0.0775. The van der Waals surface area contributed by atoms with Gasteiger partial charge in [0.05, 0.1) is 21.4 Å². The number of rotatable bonds is 9. The number of imidazole rings is 1. The molecular weight excluding hydrogens is 541 g/mol. The van der Waals surface area contributed by atoms with Crippen LogP contribution in [0.3, 0.4) is 0 Å². The van der Waals surface area contributed by atoms with E-state index < -0.39 is 0 Å². The predicted octanol–water partition coefficient (Wildman–Crippen LogP) is 7.45. The maximum absolute atomic E-state index is 12.6. The van der Waals surface area contributed by atoms with Crippen molar-refractivity contribution in [1.29, 1.82) is 0 Å². The number of carbonyl (C=O) groups excluding carboxylic acids is 1. The molecule has 2 aliphatic heterocycles. The van der Waals surface area contributed by atoms with Crippen molar-refractivity contribution in [2.75, 3.05) is 26.2 Å². The van der Waals surface area contributed by atoms with Gasteiger partial charge in [-0.15, -0.1) is 0 Å². The fourth-order valence-electron chi connectivity index (χ4n) is 5.90. The minimum absolute atomic E-state index is 0.185. The lowest BCUT2D eigenvalue weighted by atomic mass is 9.96. The van der Waals surface area contributed by atoms with Gasteiger partial charge in [-0.1, -0.05) is 53.9 Å². The third kappa shape index (κ3) is 5.80. The minimum Gasteiger partial charge on any atom is -0.341 e. The summed E-state index contributed by atoms with van der Waals surface area (Å²) in [6.07, 6.45) is 9.10. The Hall–Kier alpha value is -3.19. The van der Waals surface area contributed by atoms with Crippen molar-refractivity contribution in [3.63, 3.8) is 0 Å². The summed E-state index contributed by atoms with van der Waals surface area (Å²) in [5.74, 6) is 1.60. The van der Waals surface area contributed by atoms with Crippen LogP contribution in [-0.4, -0.2) is 56.8 Å². The van der Waals surface area contributed by atoms with E-state index in [2.05, 4.69) is 20.9 Å². The second-order valence-electron chi connectivity index (χ2n) is 10.8. The minimum atomic E-state index is 0.185. The molecule has 2 aromatic carbocycles. The molecule has 6 nitrogen and oxygen atoms in total. The molecule has 1 N–H and O–H groups in total. The molecule has 1 saturated heterocycles. The first-order valence-corrected chi connectivity index (χ1v) is 14.9. The highest BCUT2D eigenvalue weighted by Gasteiger charge is 2.27. The first kappa shape index (κ1) is 27.0. The van der Waals surface area contributed by atoms with Crippen LogP contribution in [0.1, 0.15) is 59.8 Å². The zero-order valence-electron chi connectivity index (χ0n) is 22.5. The van der Waals surface area contributed by atoms with E-state index in [0.29, 0.717) is 16.0 Å². The molecule has 4 aromatic rings. The van der Waals surface area contributed by atoms with Gasteiger partial charge >= 0.3 is 0 Å². The second-order valence-corrected chi connectivity index (χ2v) is 11.6. The molecule has 0 bridgehead atoms. The molecule has 0 aliphatic carbocycles. The van der Waals surface area contributed by atoms with Crippen LogP contribution in [0.5, 0.6) is 0 Å².